The van der Waals surface area contributed by atoms with Crippen LogP contribution in [-0.2, 0) is 9.53 Å². The van der Waals surface area contributed by atoms with Crippen molar-refractivity contribution in [3.63, 3.8) is 0 Å². The maximum atomic E-state index is 9.60. The van der Waals surface area contributed by atoms with Crippen molar-refractivity contribution in [1.82, 2.24) is 5.32 Å². The van der Waals surface area contributed by atoms with Crippen molar-refractivity contribution in [2.45, 2.75) is 64.2 Å². The van der Waals surface area contributed by atoms with Gasteiger partial charge < -0.3 is 15.2 Å². The molecule has 2 aliphatic rings. The Morgan fingerprint density at radius 3 is 2.47 bits per heavy atom. The molecule has 1 aliphatic carbocycles. The normalized spacial score (nSPS) is 32.1. The summed E-state index contributed by atoms with van der Waals surface area (Å²) in [6, 6.07) is 0.642. The first-order valence-corrected chi connectivity index (χ1v) is 6.47. The van der Waals surface area contributed by atoms with Crippen molar-refractivity contribution in [2.24, 2.45) is 5.92 Å². The molecule has 0 amide bonds. The zero-order valence-corrected chi connectivity index (χ0v) is 11.1. The third-order valence-corrected chi connectivity index (χ3v) is 3.31. The molecule has 1 heterocycles. The third kappa shape index (κ3) is 5.04. The number of aliphatic hydroxyl groups excluding tert-OH is 1. The fraction of sp³-hybridized carbons (Fsp3) is 0.923. The van der Waals surface area contributed by atoms with Gasteiger partial charge in [0.15, 0.2) is 0 Å². The van der Waals surface area contributed by atoms with Crippen molar-refractivity contribution in [1.29, 1.82) is 0 Å². The van der Waals surface area contributed by atoms with E-state index in [1.165, 1.54) is 19.3 Å². The van der Waals surface area contributed by atoms with Crippen LogP contribution in [0.3, 0.4) is 0 Å². The second kappa shape index (κ2) is 6.36. The first kappa shape index (κ1) is 14.5. The minimum absolute atomic E-state index is 0.00579. The summed E-state index contributed by atoms with van der Waals surface area (Å²) in [7, 11) is 0. The highest BCUT2D eigenvalue weighted by Gasteiger charge is 2.34. The van der Waals surface area contributed by atoms with E-state index in [4.69, 9.17) is 0 Å². The van der Waals surface area contributed by atoms with Gasteiger partial charge in [-0.05, 0) is 53.0 Å². The largest absolute Gasteiger partial charge is 0.462 e. The van der Waals surface area contributed by atoms with Crippen LogP contribution in [0.5, 0.6) is 0 Å². The number of rotatable bonds is 1. The van der Waals surface area contributed by atoms with Crippen LogP contribution in [0.4, 0.5) is 0 Å². The van der Waals surface area contributed by atoms with E-state index in [0.29, 0.717) is 18.4 Å². The Labute approximate surface area is 104 Å². The number of aliphatic hydroxyl groups is 1. The van der Waals surface area contributed by atoms with Gasteiger partial charge in [0.2, 0.25) is 0 Å². The van der Waals surface area contributed by atoms with Crippen molar-refractivity contribution >= 4 is 6.47 Å². The van der Waals surface area contributed by atoms with Gasteiger partial charge in [0.05, 0.1) is 6.10 Å². The van der Waals surface area contributed by atoms with E-state index in [-0.39, 0.29) is 11.7 Å². The van der Waals surface area contributed by atoms with Gasteiger partial charge in [-0.2, -0.15) is 0 Å². The molecule has 0 aromatic carbocycles. The van der Waals surface area contributed by atoms with Crippen LogP contribution in [0.25, 0.3) is 0 Å². The molecule has 0 aromatic heterocycles. The molecule has 1 aliphatic heterocycles. The van der Waals surface area contributed by atoms with Gasteiger partial charge in [-0.1, -0.05) is 0 Å². The standard InChI is InChI=1S/C8H15NO.C5H10O2/c10-8-3-1-2-7-6(8)4-5-9-7;1-5(2,3)7-4-6/h6-10H,1-5H2;4H,1-3H3/t6-,7-,8+;/m1./s1. The molecular formula is C13H25NO3. The lowest BCUT2D eigenvalue weighted by molar-refractivity contribution is -0.138. The summed E-state index contributed by atoms with van der Waals surface area (Å²) in [5, 5.41) is 13.0. The van der Waals surface area contributed by atoms with Crippen LogP contribution in [0.2, 0.25) is 0 Å². The van der Waals surface area contributed by atoms with Crippen molar-refractivity contribution in [3.8, 4) is 0 Å². The molecule has 4 nitrogen and oxygen atoms in total. The summed E-state index contributed by atoms with van der Waals surface area (Å²) >= 11 is 0. The second-order valence-corrected chi connectivity index (χ2v) is 5.84. The molecule has 0 bridgehead atoms. The summed E-state index contributed by atoms with van der Waals surface area (Å²) in [5.74, 6) is 0.578. The molecule has 0 radical (unpaired) electrons. The SMILES string of the molecule is CC(C)(C)OC=O.O[C@H]1CCC[C@H]2NCC[C@@H]12. The highest BCUT2D eigenvalue weighted by molar-refractivity contribution is 5.37. The number of carbonyl (C=O) groups is 1. The Morgan fingerprint density at radius 2 is 2.00 bits per heavy atom. The first-order valence-electron chi connectivity index (χ1n) is 6.47. The highest BCUT2D eigenvalue weighted by Crippen LogP contribution is 2.30. The average molecular weight is 243 g/mol. The Morgan fingerprint density at radius 1 is 1.29 bits per heavy atom. The molecule has 17 heavy (non-hydrogen) atoms. The van der Waals surface area contributed by atoms with E-state index < -0.39 is 0 Å². The molecule has 4 heteroatoms. The summed E-state index contributed by atoms with van der Waals surface area (Å²) < 4.78 is 4.55. The zero-order valence-electron chi connectivity index (χ0n) is 11.1. The first-order chi connectivity index (χ1) is 7.94. The summed E-state index contributed by atoms with van der Waals surface area (Å²) in [6.45, 7) is 7.04. The van der Waals surface area contributed by atoms with Crippen molar-refractivity contribution in [3.05, 3.63) is 0 Å². The number of fused-ring (bicyclic) bond motifs is 1. The van der Waals surface area contributed by atoms with Gasteiger partial charge in [0.25, 0.3) is 6.47 Å². The molecular weight excluding hydrogens is 218 g/mol. The molecule has 0 spiro atoms. The van der Waals surface area contributed by atoms with Gasteiger partial charge in [-0.25, -0.2) is 0 Å². The summed E-state index contributed by atoms with van der Waals surface area (Å²) in [5.41, 5.74) is -0.318. The minimum atomic E-state index is -0.318. The highest BCUT2D eigenvalue weighted by atomic mass is 16.5. The zero-order chi connectivity index (χ0) is 12.9. The lowest BCUT2D eigenvalue weighted by Crippen LogP contribution is -2.37. The van der Waals surface area contributed by atoms with E-state index in [2.05, 4.69) is 10.1 Å². The molecule has 0 unspecified atom stereocenters. The molecule has 100 valence electrons. The molecule has 2 fully saturated rings. The monoisotopic (exact) mass is 243 g/mol. The fourth-order valence-corrected chi connectivity index (χ4v) is 2.47. The number of hydrogen-bond acceptors (Lipinski definition) is 4. The quantitative estimate of drug-likeness (QED) is 0.685. The van der Waals surface area contributed by atoms with E-state index in [0.717, 1.165) is 13.0 Å². The molecule has 3 atom stereocenters. The van der Waals surface area contributed by atoms with Crippen LogP contribution in [0.1, 0.15) is 46.5 Å². The van der Waals surface area contributed by atoms with Crippen LogP contribution < -0.4 is 5.32 Å². The number of ether oxygens (including phenoxy) is 1. The summed E-state index contributed by atoms with van der Waals surface area (Å²) in [4.78, 5) is 9.60. The van der Waals surface area contributed by atoms with Crippen LogP contribution >= 0.6 is 0 Å². The topological polar surface area (TPSA) is 58.6 Å². The van der Waals surface area contributed by atoms with Crippen molar-refractivity contribution in [2.75, 3.05) is 6.54 Å². The second-order valence-electron chi connectivity index (χ2n) is 5.84. The van der Waals surface area contributed by atoms with Gasteiger partial charge in [0.1, 0.15) is 5.60 Å². The van der Waals surface area contributed by atoms with E-state index >= 15 is 0 Å². The Balaban J connectivity index is 0.000000185. The van der Waals surface area contributed by atoms with E-state index in [1.807, 2.05) is 20.8 Å². The molecule has 2 N–H and O–H groups in total. The van der Waals surface area contributed by atoms with Crippen LogP contribution in [0, 0.1) is 5.92 Å². The van der Waals surface area contributed by atoms with Crippen molar-refractivity contribution < 1.29 is 14.6 Å². The minimum Gasteiger partial charge on any atom is -0.462 e. The predicted molar refractivity (Wildman–Crippen MR) is 66.7 cm³/mol. The van der Waals surface area contributed by atoms with E-state index in [9.17, 15) is 9.90 Å². The maximum Gasteiger partial charge on any atom is 0.293 e. The molecule has 1 saturated heterocycles. The molecule has 2 rings (SSSR count). The van der Waals surface area contributed by atoms with Crippen LogP contribution in [0.15, 0.2) is 0 Å². The molecule has 1 saturated carbocycles. The van der Waals surface area contributed by atoms with E-state index in [1.54, 1.807) is 0 Å². The number of carbonyl (C=O) groups excluding carboxylic acids is 1. The van der Waals surface area contributed by atoms with Gasteiger partial charge in [-0.15, -0.1) is 0 Å². The van der Waals surface area contributed by atoms with Gasteiger partial charge >= 0.3 is 0 Å². The summed E-state index contributed by atoms with van der Waals surface area (Å²) in [6.07, 6.45) is 4.69. The lowest BCUT2D eigenvalue weighted by atomic mass is 9.83. The fourth-order valence-electron chi connectivity index (χ4n) is 2.47. The Kier molecular flexibility index (Phi) is 5.40. The Hall–Kier alpha value is -0.610. The third-order valence-electron chi connectivity index (χ3n) is 3.31. The molecule has 0 aromatic rings. The average Bonchev–Trinajstić information content (AvgIpc) is 2.66. The Bertz CT molecular complexity index is 237. The van der Waals surface area contributed by atoms with Gasteiger partial charge in [-0.3, -0.25) is 4.79 Å². The smallest absolute Gasteiger partial charge is 0.293 e. The maximum absolute atomic E-state index is 9.60. The predicted octanol–water partition coefficient (Wildman–Crippen LogP) is 1.47. The van der Waals surface area contributed by atoms with Gasteiger partial charge in [0, 0.05) is 12.0 Å². The number of hydrogen-bond donors (Lipinski definition) is 2. The lowest BCUT2D eigenvalue weighted by Gasteiger charge is -2.29. The number of nitrogens with one attached hydrogen (secondary N) is 1. The van der Waals surface area contributed by atoms with Crippen LogP contribution in [-0.4, -0.2) is 35.9 Å².